The van der Waals surface area contributed by atoms with Crippen molar-refractivity contribution in [1.29, 1.82) is 0 Å². The summed E-state index contributed by atoms with van der Waals surface area (Å²) in [6.45, 7) is 0. The van der Waals surface area contributed by atoms with E-state index in [0.29, 0.717) is 0 Å². The average molecular weight is 213 g/mol. The number of hydrogen-bond acceptors (Lipinski definition) is 2. The molecular formula is C13H11NO2. The molecule has 1 saturated carbocycles. The van der Waals surface area contributed by atoms with Gasteiger partial charge in [0.2, 0.25) is 0 Å². The fourth-order valence-electron chi connectivity index (χ4n) is 2.13. The van der Waals surface area contributed by atoms with E-state index in [1.165, 1.54) is 0 Å². The number of nitrogens with zero attached hydrogens (tertiary/aromatic N) is 1. The Hall–Kier alpha value is -1.90. The Bertz CT molecular complexity index is 573. The molecule has 1 aliphatic carbocycles. The van der Waals surface area contributed by atoms with Gasteiger partial charge in [-0.15, -0.1) is 0 Å². The van der Waals surface area contributed by atoms with Crippen molar-refractivity contribution in [3.63, 3.8) is 0 Å². The summed E-state index contributed by atoms with van der Waals surface area (Å²) in [7, 11) is 0. The second kappa shape index (κ2) is 3.04. The molecule has 0 saturated heterocycles. The molecule has 16 heavy (non-hydrogen) atoms. The van der Waals surface area contributed by atoms with Gasteiger partial charge < -0.3 is 5.11 Å². The molecule has 1 aromatic heterocycles. The summed E-state index contributed by atoms with van der Waals surface area (Å²) in [5.74, 6) is -0.707. The summed E-state index contributed by atoms with van der Waals surface area (Å²) in [5, 5.41) is 11.3. The fourth-order valence-corrected chi connectivity index (χ4v) is 2.13. The Morgan fingerprint density at radius 3 is 2.75 bits per heavy atom. The third-order valence-corrected chi connectivity index (χ3v) is 3.35. The van der Waals surface area contributed by atoms with Gasteiger partial charge in [0.05, 0.1) is 5.41 Å². The van der Waals surface area contributed by atoms with Gasteiger partial charge in [0.15, 0.2) is 0 Å². The van der Waals surface area contributed by atoms with Crippen LogP contribution in [0.3, 0.4) is 0 Å². The van der Waals surface area contributed by atoms with E-state index in [2.05, 4.69) is 4.98 Å². The molecule has 3 rings (SSSR count). The predicted molar refractivity (Wildman–Crippen MR) is 60.3 cm³/mol. The zero-order valence-electron chi connectivity index (χ0n) is 8.68. The predicted octanol–water partition coefficient (Wildman–Crippen LogP) is 2.35. The van der Waals surface area contributed by atoms with Crippen molar-refractivity contribution in [2.75, 3.05) is 0 Å². The minimum absolute atomic E-state index is 0.614. The second-order valence-corrected chi connectivity index (χ2v) is 4.32. The molecule has 3 heteroatoms. The Morgan fingerprint density at radius 1 is 1.25 bits per heavy atom. The van der Waals surface area contributed by atoms with Gasteiger partial charge >= 0.3 is 5.97 Å². The van der Waals surface area contributed by atoms with E-state index in [1.54, 1.807) is 12.4 Å². The van der Waals surface area contributed by atoms with Crippen LogP contribution < -0.4 is 0 Å². The molecule has 0 amide bonds. The van der Waals surface area contributed by atoms with Crippen molar-refractivity contribution in [1.82, 2.24) is 4.98 Å². The molecule has 0 spiro atoms. The van der Waals surface area contributed by atoms with E-state index >= 15 is 0 Å². The van der Waals surface area contributed by atoms with Gasteiger partial charge in [-0.25, -0.2) is 0 Å². The number of fused-ring (bicyclic) bond motifs is 1. The highest BCUT2D eigenvalue weighted by Crippen LogP contribution is 2.48. The Morgan fingerprint density at radius 2 is 2.06 bits per heavy atom. The maximum atomic E-state index is 11.2. The first-order valence-corrected chi connectivity index (χ1v) is 5.30. The van der Waals surface area contributed by atoms with E-state index in [0.717, 1.165) is 29.2 Å². The van der Waals surface area contributed by atoms with Crippen molar-refractivity contribution < 1.29 is 9.90 Å². The van der Waals surface area contributed by atoms with Gasteiger partial charge in [-0.05, 0) is 35.9 Å². The summed E-state index contributed by atoms with van der Waals surface area (Å²) in [6, 6.07) is 7.74. The highest BCUT2D eigenvalue weighted by atomic mass is 16.4. The van der Waals surface area contributed by atoms with Crippen molar-refractivity contribution in [2.45, 2.75) is 18.3 Å². The average Bonchev–Trinajstić information content (AvgIpc) is 3.09. The lowest BCUT2D eigenvalue weighted by Gasteiger charge is -2.10. The van der Waals surface area contributed by atoms with Gasteiger partial charge in [0, 0.05) is 17.8 Å². The molecular weight excluding hydrogens is 202 g/mol. The van der Waals surface area contributed by atoms with Gasteiger partial charge in [-0.2, -0.15) is 0 Å². The second-order valence-electron chi connectivity index (χ2n) is 4.32. The number of carbonyl (C=O) groups is 1. The molecule has 2 aromatic rings. The van der Waals surface area contributed by atoms with Gasteiger partial charge in [0.25, 0.3) is 0 Å². The lowest BCUT2D eigenvalue weighted by atomic mass is 9.94. The fraction of sp³-hybridized carbons (Fsp3) is 0.231. The van der Waals surface area contributed by atoms with Crippen LogP contribution in [0, 0.1) is 0 Å². The summed E-state index contributed by atoms with van der Waals surface area (Å²) >= 11 is 0. The van der Waals surface area contributed by atoms with E-state index in [4.69, 9.17) is 0 Å². The van der Waals surface area contributed by atoms with Crippen LogP contribution in [0.25, 0.3) is 10.8 Å². The molecule has 1 heterocycles. The van der Waals surface area contributed by atoms with Crippen LogP contribution in [0.4, 0.5) is 0 Å². The number of aliphatic carboxylic acids is 1. The Balaban J connectivity index is 2.16. The molecule has 0 unspecified atom stereocenters. The number of carboxylic acid groups (broad SMARTS) is 1. The quantitative estimate of drug-likeness (QED) is 0.833. The molecule has 0 bridgehead atoms. The van der Waals surface area contributed by atoms with E-state index in [-0.39, 0.29) is 0 Å². The number of rotatable bonds is 2. The number of carboxylic acids is 1. The standard InChI is InChI=1S/C13H11NO2/c15-12(16)13(4-5-13)11-2-1-10-8-14-6-3-9(10)7-11/h1-3,6-8H,4-5H2,(H,15,16). The van der Waals surface area contributed by atoms with Crippen LogP contribution in [0.5, 0.6) is 0 Å². The van der Waals surface area contributed by atoms with Gasteiger partial charge in [0.1, 0.15) is 0 Å². The first kappa shape index (κ1) is 9.33. The Kier molecular flexibility index (Phi) is 1.78. The number of aromatic nitrogens is 1. The molecule has 0 aliphatic heterocycles. The number of hydrogen-bond donors (Lipinski definition) is 1. The lowest BCUT2D eigenvalue weighted by molar-refractivity contribution is -0.140. The molecule has 1 N–H and O–H groups in total. The van der Waals surface area contributed by atoms with Crippen LogP contribution in [-0.2, 0) is 10.2 Å². The first-order chi connectivity index (χ1) is 7.72. The molecule has 1 aromatic carbocycles. The maximum absolute atomic E-state index is 11.2. The molecule has 80 valence electrons. The van der Waals surface area contributed by atoms with E-state index in [9.17, 15) is 9.90 Å². The highest BCUT2D eigenvalue weighted by molar-refractivity contribution is 5.88. The van der Waals surface area contributed by atoms with Crippen molar-refractivity contribution in [2.24, 2.45) is 0 Å². The maximum Gasteiger partial charge on any atom is 0.314 e. The third-order valence-electron chi connectivity index (χ3n) is 3.35. The summed E-state index contributed by atoms with van der Waals surface area (Å²) in [4.78, 5) is 15.2. The van der Waals surface area contributed by atoms with Crippen LogP contribution in [0.1, 0.15) is 18.4 Å². The summed E-state index contributed by atoms with van der Waals surface area (Å²) < 4.78 is 0. The first-order valence-electron chi connectivity index (χ1n) is 5.30. The minimum Gasteiger partial charge on any atom is -0.481 e. The van der Waals surface area contributed by atoms with Crippen molar-refractivity contribution in [3.8, 4) is 0 Å². The topological polar surface area (TPSA) is 50.2 Å². The van der Waals surface area contributed by atoms with Crippen LogP contribution in [0.2, 0.25) is 0 Å². The molecule has 1 aliphatic rings. The smallest absolute Gasteiger partial charge is 0.314 e. The van der Waals surface area contributed by atoms with Crippen LogP contribution >= 0.6 is 0 Å². The van der Waals surface area contributed by atoms with Crippen LogP contribution in [-0.4, -0.2) is 16.1 Å². The summed E-state index contributed by atoms with van der Waals surface area (Å²) in [5.41, 5.74) is 0.302. The number of pyridine rings is 1. The summed E-state index contributed by atoms with van der Waals surface area (Å²) in [6.07, 6.45) is 5.02. The Labute approximate surface area is 92.7 Å². The minimum atomic E-state index is -0.707. The van der Waals surface area contributed by atoms with Crippen molar-refractivity contribution in [3.05, 3.63) is 42.2 Å². The molecule has 0 radical (unpaired) electrons. The SMILES string of the molecule is O=C(O)C1(c2ccc3cnccc3c2)CC1. The number of benzene rings is 1. The van der Waals surface area contributed by atoms with E-state index in [1.807, 2.05) is 24.3 Å². The van der Waals surface area contributed by atoms with Crippen molar-refractivity contribution >= 4 is 16.7 Å². The molecule has 1 fully saturated rings. The highest BCUT2D eigenvalue weighted by Gasteiger charge is 2.51. The van der Waals surface area contributed by atoms with E-state index < -0.39 is 11.4 Å². The lowest BCUT2D eigenvalue weighted by Crippen LogP contribution is -2.19. The monoisotopic (exact) mass is 213 g/mol. The molecule has 0 atom stereocenters. The van der Waals surface area contributed by atoms with Gasteiger partial charge in [-0.1, -0.05) is 12.1 Å². The van der Waals surface area contributed by atoms with Gasteiger partial charge in [-0.3, -0.25) is 9.78 Å². The molecule has 3 nitrogen and oxygen atoms in total. The third kappa shape index (κ3) is 1.21. The largest absolute Gasteiger partial charge is 0.481 e. The zero-order valence-corrected chi connectivity index (χ0v) is 8.68. The zero-order chi connectivity index (χ0) is 11.2. The van der Waals surface area contributed by atoms with Crippen LogP contribution in [0.15, 0.2) is 36.7 Å². The normalized spacial score (nSPS) is 17.2.